The molecule has 0 aliphatic carbocycles. The van der Waals surface area contributed by atoms with Gasteiger partial charge in [-0.2, -0.15) is 11.8 Å². The van der Waals surface area contributed by atoms with Gasteiger partial charge in [0.25, 0.3) is 0 Å². The van der Waals surface area contributed by atoms with Crippen molar-refractivity contribution in [2.24, 2.45) is 5.92 Å². The standard InChI is InChI=1S/C14H21Cl2NS/c1-4-7-17-14(10(2)9-18-3)12-8-11(15)5-6-13(12)16/h5-6,8,10,14,17H,4,7,9H2,1-3H3. The maximum absolute atomic E-state index is 6.31. The summed E-state index contributed by atoms with van der Waals surface area (Å²) in [4.78, 5) is 0. The van der Waals surface area contributed by atoms with Crippen molar-refractivity contribution < 1.29 is 0 Å². The van der Waals surface area contributed by atoms with Crippen LogP contribution in [0.1, 0.15) is 31.9 Å². The van der Waals surface area contributed by atoms with E-state index in [-0.39, 0.29) is 6.04 Å². The first kappa shape index (κ1) is 16.2. The van der Waals surface area contributed by atoms with E-state index in [0.29, 0.717) is 5.92 Å². The highest BCUT2D eigenvalue weighted by Crippen LogP contribution is 2.32. The molecule has 1 nitrogen and oxygen atoms in total. The minimum atomic E-state index is 0.267. The van der Waals surface area contributed by atoms with Gasteiger partial charge in [0.2, 0.25) is 0 Å². The molecule has 0 saturated heterocycles. The lowest BCUT2D eigenvalue weighted by Crippen LogP contribution is -2.29. The largest absolute Gasteiger partial charge is 0.310 e. The Hall–Kier alpha value is 0.110. The monoisotopic (exact) mass is 305 g/mol. The predicted octanol–water partition coefficient (Wildman–Crippen LogP) is 5.03. The Morgan fingerprint density at radius 1 is 1.33 bits per heavy atom. The van der Waals surface area contributed by atoms with Gasteiger partial charge in [0.1, 0.15) is 0 Å². The van der Waals surface area contributed by atoms with Crippen LogP contribution in [0.25, 0.3) is 0 Å². The number of nitrogens with one attached hydrogen (secondary N) is 1. The Balaban J connectivity index is 2.96. The van der Waals surface area contributed by atoms with E-state index in [1.807, 2.05) is 30.0 Å². The maximum atomic E-state index is 6.31. The van der Waals surface area contributed by atoms with Crippen LogP contribution in [0.5, 0.6) is 0 Å². The number of hydrogen-bond acceptors (Lipinski definition) is 2. The van der Waals surface area contributed by atoms with Gasteiger partial charge in [0.05, 0.1) is 0 Å². The topological polar surface area (TPSA) is 12.0 Å². The third-order valence-electron chi connectivity index (χ3n) is 2.91. The molecule has 2 atom stereocenters. The Morgan fingerprint density at radius 2 is 2.06 bits per heavy atom. The van der Waals surface area contributed by atoms with E-state index in [4.69, 9.17) is 23.2 Å². The average molecular weight is 306 g/mol. The zero-order valence-electron chi connectivity index (χ0n) is 11.2. The summed E-state index contributed by atoms with van der Waals surface area (Å²) in [5.41, 5.74) is 1.11. The predicted molar refractivity (Wildman–Crippen MR) is 85.0 cm³/mol. The third-order valence-corrected chi connectivity index (χ3v) is 4.34. The Kier molecular flexibility index (Phi) is 7.47. The second-order valence-electron chi connectivity index (χ2n) is 4.53. The molecule has 18 heavy (non-hydrogen) atoms. The summed E-state index contributed by atoms with van der Waals surface area (Å²) in [5.74, 6) is 1.62. The lowest BCUT2D eigenvalue weighted by Gasteiger charge is -2.26. The van der Waals surface area contributed by atoms with Gasteiger partial charge in [-0.15, -0.1) is 0 Å². The molecule has 1 N–H and O–H groups in total. The van der Waals surface area contributed by atoms with Crippen molar-refractivity contribution in [2.75, 3.05) is 18.6 Å². The maximum Gasteiger partial charge on any atom is 0.0454 e. The van der Waals surface area contributed by atoms with E-state index in [2.05, 4.69) is 25.4 Å². The fraction of sp³-hybridized carbons (Fsp3) is 0.571. The number of thioether (sulfide) groups is 1. The molecule has 2 unspecified atom stereocenters. The summed E-state index contributed by atoms with van der Waals surface area (Å²) in [7, 11) is 0. The smallest absolute Gasteiger partial charge is 0.0454 e. The summed E-state index contributed by atoms with van der Waals surface area (Å²) in [5, 5.41) is 5.12. The first-order valence-electron chi connectivity index (χ1n) is 6.27. The molecule has 0 heterocycles. The number of benzene rings is 1. The van der Waals surface area contributed by atoms with Gasteiger partial charge in [-0.05, 0) is 54.7 Å². The van der Waals surface area contributed by atoms with E-state index in [9.17, 15) is 0 Å². The van der Waals surface area contributed by atoms with Gasteiger partial charge < -0.3 is 5.32 Å². The lowest BCUT2D eigenvalue weighted by atomic mass is 9.95. The molecule has 0 amide bonds. The normalized spacial score (nSPS) is 14.5. The summed E-state index contributed by atoms with van der Waals surface area (Å²) in [6.07, 6.45) is 3.24. The molecule has 0 radical (unpaired) electrons. The molecule has 1 rings (SSSR count). The van der Waals surface area contributed by atoms with Crippen molar-refractivity contribution in [2.45, 2.75) is 26.3 Å². The Labute approximate surface area is 125 Å². The molecule has 0 bridgehead atoms. The van der Waals surface area contributed by atoms with Gasteiger partial charge in [0, 0.05) is 16.1 Å². The lowest BCUT2D eigenvalue weighted by molar-refractivity contribution is 0.418. The van der Waals surface area contributed by atoms with Gasteiger partial charge in [-0.1, -0.05) is 37.0 Å². The Bertz CT molecular complexity index is 371. The highest BCUT2D eigenvalue weighted by atomic mass is 35.5. The van der Waals surface area contributed by atoms with Crippen LogP contribution in [-0.2, 0) is 0 Å². The van der Waals surface area contributed by atoms with Crippen LogP contribution in [-0.4, -0.2) is 18.6 Å². The van der Waals surface area contributed by atoms with Crippen LogP contribution in [0.15, 0.2) is 18.2 Å². The van der Waals surface area contributed by atoms with Gasteiger partial charge in [0.15, 0.2) is 0 Å². The highest BCUT2D eigenvalue weighted by molar-refractivity contribution is 7.98. The highest BCUT2D eigenvalue weighted by Gasteiger charge is 2.20. The molecule has 102 valence electrons. The molecule has 0 aliphatic rings. The van der Waals surface area contributed by atoms with Crippen LogP contribution < -0.4 is 5.32 Å². The van der Waals surface area contributed by atoms with E-state index >= 15 is 0 Å². The molecule has 1 aromatic rings. The van der Waals surface area contributed by atoms with Crippen LogP contribution in [0.2, 0.25) is 10.0 Å². The number of halogens is 2. The SMILES string of the molecule is CCCNC(c1cc(Cl)ccc1Cl)C(C)CSC. The molecule has 0 aromatic heterocycles. The summed E-state index contributed by atoms with van der Waals surface area (Å²) < 4.78 is 0. The average Bonchev–Trinajstić information content (AvgIpc) is 2.34. The first-order chi connectivity index (χ1) is 8.60. The fourth-order valence-corrected chi connectivity index (χ4v) is 3.16. The molecule has 0 spiro atoms. The minimum Gasteiger partial charge on any atom is -0.310 e. The van der Waals surface area contributed by atoms with Crippen molar-refractivity contribution in [3.63, 3.8) is 0 Å². The van der Waals surface area contributed by atoms with Crippen molar-refractivity contribution in [3.05, 3.63) is 33.8 Å². The summed E-state index contributed by atoms with van der Waals surface area (Å²) >= 11 is 14.3. The van der Waals surface area contributed by atoms with Gasteiger partial charge in [-0.25, -0.2) is 0 Å². The van der Waals surface area contributed by atoms with Crippen molar-refractivity contribution in [1.82, 2.24) is 5.32 Å². The zero-order chi connectivity index (χ0) is 13.5. The first-order valence-corrected chi connectivity index (χ1v) is 8.42. The van der Waals surface area contributed by atoms with Crippen LogP contribution >= 0.6 is 35.0 Å². The zero-order valence-corrected chi connectivity index (χ0v) is 13.5. The molecule has 1 aromatic carbocycles. The van der Waals surface area contributed by atoms with Crippen LogP contribution in [0.4, 0.5) is 0 Å². The molecule has 0 saturated carbocycles. The van der Waals surface area contributed by atoms with Crippen LogP contribution in [0.3, 0.4) is 0 Å². The van der Waals surface area contributed by atoms with Crippen molar-refractivity contribution >= 4 is 35.0 Å². The molecule has 0 aliphatic heterocycles. The van der Waals surface area contributed by atoms with E-state index in [1.54, 1.807) is 0 Å². The van der Waals surface area contributed by atoms with Crippen LogP contribution in [0, 0.1) is 5.92 Å². The van der Waals surface area contributed by atoms with Crippen molar-refractivity contribution in [3.8, 4) is 0 Å². The Morgan fingerprint density at radius 3 is 2.67 bits per heavy atom. The number of rotatable bonds is 7. The van der Waals surface area contributed by atoms with E-state index in [1.165, 1.54) is 0 Å². The van der Waals surface area contributed by atoms with E-state index < -0.39 is 0 Å². The quantitative estimate of drug-likeness (QED) is 0.758. The van der Waals surface area contributed by atoms with Gasteiger partial charge >= 0.3 is 0 Å². The third kappa shape index (κ3) is 4.65. The summed E-state index contributed by atoms with van der Waals surface area (Å²) in [6.45, 7) is 5.41. The van der Waals surface area contributed by atoms with Gasteiger partial charge in [-0.3, -0.25) is 0 Å². The second-order valence-corrected chi connectivity index (χ2v) is 6.28. The second kappa shape index (κ2) is 8.31. The molecular weight excluding hydrogens is 285 g/mol. The summed E-state index contributed by atoms with van der Waals surface area (Å²) in [6, 6.07) is 5.96. The number of hydrogen-bond donors (Lipinski definition) is 1. The van der Waals surface area contributed by atoms with E-state index in [0.717, 1.165) is 34.3 Å². The van der Waals surface area contributed by atoms with Crippen molar-refractivity contribution in [1.29, 1.82) is 0 Å². The minimum absolute atomic E-state index is 0.267. The molecule has 0 fully saturated rings. The molecular formula is C14H21Cl2NS. The molecule has 4 heteroatoms. The fourth-order valence-electron chi connectivity index (χ4n) is 2.03.